The van der Waals surface area contributed by atoms with Crippen molar-refractivity contribution in [3.8, 4) is 5.75 Å². The van der Waals surface area contributed by atoms with Crippen LogP contribution in [0.4, 0.5) is 5.69 Å². The van der Waals surface area contributed by atoms with E-state index in [4.69, 9.17) is 4.74 Å². The molecule has 7 nitrogen and oxygen atoms in total. The number of para-hydroxylation sites is 1. The highest BCUT2D eigenvalue weighted by Crippen LogP contribution is 2.52. The first-order chi connectivity index (χ1) is 17.5. The topological polar surface area (TPSA) is 84.7 Å². The van der Waals surface area contributed by atoms with Gasteiger partial charge in [-0.05, 0) is 47.1 Å². The summed E-state index contributed by atoms with van der Waals surface area (Å²) in [6.07, 6.45) is 0. The average molecular weight is 480 g/mol. The maximum Gasteiger partial charge on any atom is 0.256 e. The molecule has 1 saturated heterocycles. The van der Waals surface area contributed by atoms with Gasteiger partial charge in [0.2, 0.25) is 0 Å². The molecule has 3 atom stereocenters. The molecule has 2 heterocycles. The van der Waals surface area contributed by atoms with Gasteiger partial charge in [0.1, 0.15) is 12.4 Å². The second-order valence-corrected chi connectivity index (χ2v) is 9.48. The predicted octanol–water partition coefficient (Wildman–Crippen LogP) is 4.94. The normalized spacial score (nSPS) is 23.1. The standard InChI is InChI=1S/C29H25N3O4/c1-31-17-24(27(32(34)35)29(31)25-11-4-5-12-26(25)30-28(29)33)20-13-15-22(16-14-20)36-18-21-9-6-8-19-7-2-3-10-23(19)21/h2-16,24,27H,17-18H2,1H3,(H,30,33)/t24-,27-,29+/m1/s1. The lowest BCUT2D eigenvalue weighted by molar-refractivity contribution is -0.534. The molecule has 0 aromatic heterocycles. The van der Waals surface area contributed by atoms with Gasteiger partial charge < -0.3 is 10.1 Å². The van der Waals surface area contributed by atoms with Gasteiger partial charge in [-0.1, -0.05) is 72.8 Å². The zero-order chi connectivity index (χ0) is 24.9. The molecule has 1 amide bonds. The Morgan fingerprint density at radius 1 is 1.00 bits per heavy atom. The fraction of sp³-hybridized carbons (Fsp3) is 0.207. The summed E-state index contributed by atoms with van der Waals surface area (Å²) >= 11 is 0. The summed E-state index contributed by atoms with van der Waals surface area (Å²) in [5.74, 6) is -0.103. The predicted molar refractivity (Wildman–Crippen MR) is 138 cm³/mol. The lowest BCUT2D eigenvalue weighted by atomic mass is 9.79. The molecule has 6 rings (SSSR count). The van der Waals surface area contributed by atoms with Gasteiger partial charge in [0, 0.05) is 22.7 Å². The van der Waals surface area contributed by atoms with Gasteiger partial charge in [0.05, 0.1) is 5.92 Å². The molecule has 1 spiro atoms. The van der Waals surface area contributed by atoms with E-state index in [1.807, 2.05) is 65.6 Å². The Labute approximate surface area is 208 Å². The summed E-state index contributed by atoms with van der Waals surface area (Å²) in [6.45, 7) is 0.814. The number of nitrogens with one attached hydrogen (secondary N) is 1. The van der Waals surface area contributed by atoms with Crippen LogP contribution in [0.3, 0.4) is 0 Å². The first-order valence-corrected chi connectivity index (χ1v) is 11.9. The zero-order valence-electron chi connectivity index (χ0n) is 19.8. The minimum atomic E-state index is -1.34. The summed E-state index contributed by atoms with van der Waals surface area (Å²) in [4.78, 5) is 27.2. The Bertz CT molecular complexity index is 1480. The van der Waals surface area contributed by atoms with Crippen LogP contribution in [0.15, 0.2) is 91.0 Å². The van der Waals surface area contributed by atoms with Crippen molar-refractivity contribution in [2.45, 2.75) is 24.1 Å². The first kappa shape index (κ1) is 22.2. The Balaban J connectivity index is 1.27. The number of likely N-dealkylation sites (tertiary alicyclic amines) is 1. The molecule has 7 heteroatoms. The third-order valence-corrected chi connectivity index (χ3v) is 7.62. The van der Waals surface area contributed by atoms with Gasteiger partial charge in [0.25, 0.3) is 11.9 Å². The van der Waals surface area contributed by atoms with E-state index in [0.29, 0.717) is 30.2 Å². The van der Waals surface area contributed by atoms with Crippen LogP contribution in [0.2, 0.25) is 0 Å². The number of benzene rings is 4. The van der Waals surface area contributed by atoms with Crippen molar-refractivity contribution in [3.63, 3.8) is 0 Å². The molecule has 0 aliphatic carbocycles. The summed E-state index contributed by atoms with van der Waals surface area (Å²) in [6, 6.07) is 27.9. The SMILES string of the molecule is CN1C[C@H](c2ccc(OCc3cccc4ccccc34)cc2)[C@@H]([N+](=O)[O-])[C@@]12C(=O)Nc1ccccc12. The molecule has 4 aromatic carbocycles. The highest BCUT2D eigenvalue weighted by Gasteiger charge is 2.68. The van der Waals surface area contributed by atoms with Crippen LogP contribution < -0.4 is 10.1 Å². The molecule has 0 unspecified atom stereocenters. The summed E-state index contributed by atoms with van der Waals surface area (Å²) < 4.78 is 6.06. The van der Waals surface area contributed by atoms with Crippen LogP contribution in [0.1, 0.15) is 22.6 Å². The number of anilines is 1. The van der Waals surface area contributed by atoms with Gasteiger partial charge >= 0.3 is 0 Å². The van der Waals surface area contributed by atoms with Crippen molar-refractivity contribution < 1.29 is 14.5 Å². The molecule has 1 fully saturated rings. The van der Waals surface area contributed by atoms with E-state index >= 15 is 0 Å². The van der Waals surface area contributed by atoms with Gasteiger partial charge in [-0.25, -0.2) is 0 Å². The van der Waals surface area contributed by atoms with E-state index < -0.39 is 17.5 Å². The molecular formula is C29H25N3O4. The fourth-order valence-corrected chi connectivity index (χ4v) is 5.97. The van der Waals surface area contributed by atoms with Crippen molar-refractivity contribution >= 4 is 22.4 Å². The number of ether oxygens (including phenoxy) is 1. The Morgan fingerprint density at radius 3 is 2.53 bits per heavy atom. The van der Waals surface area contributed by atoms with Crippen molar-refractivity contribution in [2.24, 2.45) is 0 Å². The third kappa shape index (κ3) is 3.27. The highest BCUT2D eigenvalue weighted by molar-refractivity contribution is 6.06. The lowest BCUT2D eigenvalue weighted by Crippen LogP contribution is -2.54. The van der Waals surface area contributed by atoms with Crippen LogP contribution in [-0.2, 0) is 16.9 Å². The molecule has 0 radical (unpaired) electrons. The number of nitrogens with zero attached hydrogens (tertiary/aromatic N) is 2. The van der Waals surface area contributed by atoms with Crippen LogP contribution in [0.25, 0.3) is 10.8 Å². The summed E-state index contributed by atoms with van der Waals surface area (Å²) in [5.41, 5.74) is 1.87. The molecule has 4 aromatic rings. The van der Waals surface area contributed by atoms with E-state index in [1.165, 1.54) is 0 Å². The van der Waals surface area contributed by atoms with Crippen molar-refractivity contribution in [1.29, 1.82) is 0 Å². The molecule has 1 N–H and O–H groups in total. The number of carbonyl (C=O) groups is 1. The van der Waals surface area contributed by atoms with Crippen LogP contribution >= 0.6 is 0 Å². The first-order valence-electron chi connectivity index (χ1n) is 11.9. The Morgan fingerprint density at radius 2 is 1.72 bits per heavy atom. The quantitative estimate of drug-likeness (QED) is 0.324. The minimum absolute atomic E-state index is 0.291. The smallest absolute Gasteiger partial charge is 0.256 e. The monoisotopic (exact) mass is 479 g/mol. The average Bonchev–Trinajstić information content (AvgIpc) is 3.37. The number of amides is 1. The van der Waals surface area contributed by atoms with Gasteiger partial charge in [0.15, 0.2) is 5.54 Å². The van der Waals surface area contributed by atoms with E-state index in [2.05, 4.69) is 29.6 Å². The largest absolute Gasteiger partial charge is 0.489 e. The summed E-state index contributed by atoms with van der Waals surface area (Å²) in [7, 11) is 1.79. The van der Waals surface area contributed by atoms with E-state index in [1.54, 1.807) is 13.1 Å². The molecule has 180 valence electrons. The molecule has 2 aliphatic heterocycles. The second kappa shape index (κ2) is 8.46. The zero-order valence-corrected chi connectivity index (χ0v) is 19.8. The van der Waals surface area contributed by atoms with E-state index in [0.717, 1.165) is 21.9 Å². The number of rotatable bonds is 5. The maximum absolute atomic E-state index is 13.2. The van der Waals surface area contributed by atoms with E-state index in [9.17, 15) is 14.9 Å². The number of fused-ring (bicyclic) bond motifs is 3. The van der Waals surface area contributed by atoms with Crippen LogP contribution in [-0.4, -0.2) is 35.4 Å². The Kier molecular flexibility index (Phi) is 5.23. The van der Waals surface area contributed by atoms with Gasteiger partial charge in [-0.15, -0.1) is 0 Å². The van der Waals surface area contributed by atoms with Crippen molar-refractivity contribution in [1.82, 2.24) is 4.90 Å². The number of hydrogen-bond acceptors (Lipinski definition) is 5. The molecule has 0 saturated carbocycles. The number of hydrogen-bond donors (Lipinski definition) is 1. The van der Waals surface area contributed by atoms with Gasteiger partial charge in [-0.2, -0.15) is 0 Å². The number of likely N-dealkylation sites (N-methyl/N-ethyl adjacent to an activating group) is 1. The lowest BCUT2D eigenvalue weighted by Gasteiger charge is -2.30. The fourth-order valence-electron chi connectivity index (χ4n) is 5.97. The molecule has 2 aliphatic rings. The van der Waals surface area contributed by atoms with Crippen molar-refractivity contribution in [3.05, 3.63) is 118 Å². The second-order valence-electron chi connectivity index (χ2n) is 9.48. The van der Waals surface area contributed by atoms with Crippen LogP contribution in [0.5, 0.6) is 5.75 Å². The maximum atomic E-state index is 13.2. The molecule has 0 bridgehead atoms. The highest BCUT2D eigenvalue weighted by atomic mass is 16.6. The minimum Gasteiger partial charge on any atom is -0.489 e. The molecule has 36 heavy (non-hydrogen) atoms. The molecular weight excluding hydrogens is 454 g/mol. The number of nitro groups is 1. The van der Waals surface area contributed by atoms with Gasteiger partial charge in [-0.3, -0.25) is 19.8 Å². The van der Waals surface area contributed by atoms with Crippen molar-refractivity contribution in [2.75, 3.05) is 18.9 Å². The van der Waals surface area contributed by atoms with Crippen LogP contribution in [0, 0.1) is 10.1 Å². The summed E-state index contributed by atoms with van der Waals surface area (Å²) in [5, 5.41) is 17.6. The Hall–Kier alpha value is -4.23. The van der Waals surface area contributed by atoms with E-state index in [-0.39, 0.29) is 10.8 Å². The third-order valence-electron chi connectivity index (χ3n) is 7.62. The number of carbonyl (C=O) groups excluding carboxylic acids is 1.